The Balaban J connectivity index is 1.73. The summed E-state index contributed by atoms with van der Waals surface area (Å²) in [6, 6.07) is 5.79. The first kappa shape index (κ1) is 14.9. The van der Waals surface area contributed by atoms with Crippen molar-refractivity contribution in [3.05, 3.63) is 23.8 Å². The molecule has 0 radical (unpaired) electrons. The zero-order valence-electron chi connectivity index (χ0n) is 13.0. The minimum atomic E-state index is -0.0451. The number of rotatable bonds is 2. The van der Waals surface area contributed by atoms with Crippen molar-refractivity contribution in [1.82, 2.24) is 5.32 Å². The molecule has 2 aliphatic rings. The number of hydrogen-bond acceptors (Lipinski definition) is 3. The Kier molecular flexibility index (Phi) is 4.32. The highest BCUT2D eigenvalue weighted by Crippen LogP contribution is 2.29. The molecule has 1 heterocycles. The number of benzene rings is 1. The molecule has 1 saturated carbocycles. The maximum absolute atomic E-state index is 12.4. The molecule has 0 bridgehead atoms. The first-order chi connectivity index (χ1) is 10.6. The Labute approximate surface area is 131 Å². The topological polar surface area (TPSA) is 61.4 Å². The number of fused-ring (bicyclic) bond motifs is 1. The van der Waals surface area contributed by atoms with E-state index in [1.807, 2.05) is 24.1 Å². The van der Waals surface area contributed by atoms with Gasteiger partial charge in [0.05, 0.1) is 17.9 Å². The molecule has 0 aromatic heterocycles. The second-order valence-corrected chi connectivity index (χ2v) is 6.30. The molecule has 1 aliphatic heterocycles. The summed E-state index contributed by atoms with van der Waals surface area (Å²) in [4.78, 5) is 25.9. The van der Waals surface area contributed by atoms with Gasteiger partial charge < -0.3 is 15.5 Å². The van der Waals surface area contributed by atoms with Crippen molar-refractivity contribution in [2.75, 3.05) is 23.8 Å². The molecular weight excluding hydrogens is 278 g/mol. The van der Waals surface area contributed by atoms with E-state index >= 15 is 0 Å². The number of carbonyl (C=O) groups is 2. The van der Waals surface area contributed by atoms with Crippen LogP contribution >= 0.6 is 0 Å². The van der Waals surface area contributed by atoms with Crippen LogP contribution in [0.25, 0.3) is 0 Å². The number of carbonyl (C=O) groups excluding carboxylic acids is 2. The summed E-state index contributed by atoms with van der Waals surface area (Å²) < 4.78 is 0. The number of likely N-dealkylation sites (N-methyl/N-ethyl adjacent to an activating group) is 1. The fraction of sp³-hybridized carbons (Fsp3) is 0.529. The molecule has 0 unspecified atom stereocenters. The van der Waals surface area contributed by atoms with Crippen molar-refractivity contribution in [3.8, 4) is 0 Å². The number of hydrogen-bond donors (Lipinski definition) is 2. The highest BCUT2D eigenvalue weighted by molar-refractivity contribution is 6.03. The molecule has 1 aromatic carbocycles. The van der Waals surface area contributed by atoms with Crippen molar-refractivity contribution in [3.63, 3.8) is 0 Å². The van der Waals surface area contributed by atoms with E-state index in [0.717, 1.165) is 18.5 Å². The third kappa shape index (κ3) is 3.24. The normalized spacial score (nSPS) is 19.1. The molecular formula is C17H23N3O2. The van der Waals surface area contributed by atoms with Crippen molar-refractivity contribution in [2.24, 2.45) is 0 Å². The van der Waals surface area contributed by atoms with E-state index in [-0.39, 0.29) is 17.9 Å². The Bertz CT molecular complexity index is 577. The monoisotopic (exact) mass is 301 g/mol. The van der Waals surface area contributed by atoms with Gasteiger partial charge in [-0.1, -0.05) is 25.7 Å². The van der Waals surface area contributed by atoms with Crippen LogP contribution in [0.1, 0.15) is 48.9 Å². The largest absolute Gasteiger partial charge is 0.364 e. The van der Waals surface area contributed by atoms with Gasteiger partial charge in [0.15, 0.2) is 0 Å². The molecule has 5 nitrogen and oxygen atoms in total. The summed E-state index contributed by atoms with van der Waals surface area (Å²) >= 11 is 0. The predicted octanol–water partition coefficient (Wildman–Crippen LogP) is 2.53. The van der Waals surface area contributed by atoms with E-state index < -0.39 is 0 Å². The van der Waals surface area contributed by atoms with Gasteiger partial charge in [-0.05, 0) is 31.0 Å². The zero-order chi connectivity index (χ0) is 15.5. The van der Waals surface area contributed by atoms with Gasteiger partial charge in [-0.15, -0.1) is 0 Å². The molecule has 0 atom stereocenters. The quantitative estimate of drug-likeness (QED) is 0.825. The van der Waals surface area contributed by atoms with Crippen LogP contribution in [-0.4, -0.2) is 31.4 Å². The van der Waals surface area contributed by atoms with Gasteiger partial charge in [-0.25, -0.2) is 0 Å². The van der Waals surface area contributed by atoms with E-state index in [2.05, 4.69) is 10.6 Å². The van der Waals surface area contributed by atoms with Crippen LogP contribution < -0.4 is 15.5 Å². The molecule has 22 heavy (non-hydrogen) atoms. The summed E-state index contributed by atoms with van der Waals surface area (Å²) in [6.45, 7) is 0.348. The fourth-order valence-corrected chi connectivity index (χ4v) is 3.29. The van der Waals surface area contributed by atoms with Gasteiger partial charge >= 0.3 is 0 Å². The minimum absolute atomic E-state index is 0.0443. The second kappa shape index (κ2) is 6.38. The Morgan fingerprint density at radius 2 is 1.95 bits per heavy atom. The second-order valence-electron chi connectivity index (χ2n) is 6.30. The highest BCUT2D eigenvalue weighted by Gasteiger charge is 2.21. The molecule has 0 spiro atoms. The van der Waals surface area contributed by atoms with Gasteiger partial charge in [-0.3, -0.25) is 9.59 Å². The molecule has 2 amide bonds. The third-order valence-corrected chi connectivity index (χ3v) is 4.52. The van der Waals surface area contributed by atoms with Crippen LogP contribution in [-0.2, 0) is 4.79 Å². The molecule has 118 valence electrons. The number of nitrogens with one attached hydrogen (secondary N) is 2. The standard InChI is InChI=1S/C17H23N3O2/c1-20-11-16(21)19-14-10-12(8-9-15(14)20)17(22)18-13-6-4-2-3-5-7-13/h8-10,13H,2-7,11H2,1H3,(H,18,22)(H,19,21). The fourth-order valence-electron chi connectivity index (χ4n) is 3.29. The van der Waals surface area contributed by atoms with Crippen LogP contribution in [0.5, 0.6) is 0 Å². The first-order valence-electron chi connectivity index (χ1n) is 8.09. The minimum Gasteiger partial charge on any atom is -0.364 e. The Hall–Kier alpha value is -2.04. The lowest BCUT2D eigenvalue weighted by Gasteiger charge is -2.27. The van der Waals surface area contributed by atoms with E-state index in [1.54, 1.807) is 6.07 Å². The van der Waals surface area contributed by atoms with Crippen LogP contribution in [0.15, 0.2) is 18.2 Å². The molecule has 2 N–H and O–H groups in total. The van der Waals surface area contributed by atoms with Crippen LogP contribution in [0.3, 0.4) is 0 Å². The van der Waals surface area contributed by atoms with Gasteiger partial charge in [0, 0.05) is 18.7 Å². The molecule has 3 rings (SSSR count). The maximum Gasteiger partial charge on any atom is 0.251 e. The lowest BCUT2D eigenvalue weighted by Crippen LogP contribution is -2.36. The molecule has 5 heteroatoms. The average Bonchev–Trinajstić information content (AvgIpc) is 2.75. The summed E-state index contributed by atoms with van der Waals surface area (Å²) in [5.74, 6) is -0.0894. The van der Waals surface area contributed by atoms with Crippen molar-refractivity contribution < 1.29 is 9.59 Å². The zero-order valence-corrected chi connectivity index (χ0v) is 13.0. The van der Waals surface area contributed by atoms with Crippen molar-refractivity contribution >= 4 is 23.2 Å². The van der Waals surface area contributed by atoms with E-state index in [1.165, 1.54) is 25.7 Å². The average molecular weight is 301 g/mol. The first-order valence-corrected chi connectivity index (χ1v) is 8.09. The van der Waals surface area contributed by atoms with E-state index in [9.17, 15) is 9.59 Å². The van der Waals surface area contributed by atoms with Crippen LogP contribution in [0.2, 0.25) is 0 Å². The molecule has 1 aromatic rings. The molecule has 1 fully saturated rings. The van der Waals surface area contributed by atoms with Gasteiger partial charge in [0.2, 0.25) is 5.91 Å². The lowest BCUT2D eigenvalue weighted by molar-refractivity contribution is -0.115. The number of anilines is 2. The Morgan fingerprint density at radius 1 is 1.23 bits per heavy atom. The summed E-state index contributed by atoms with van der Waals surface area (Å²) in [6.07, 6.45) is 7.05. The van der Waals surface area contributed by atoms with Crippen molar-refractivity contribution in [1.29, 1.82) is 0 Å². The maximum atomic E-state index is 12.4. The van der Waals surface area contributed by atoms with E-state index in [4.69, 9.17) is 0 Å². The van der Waals surface area contributed by atoms with Gasteiger partial charge in [-0.2, -0.15) is 0 Å². The number of amides is 2. The highest BCUT2D eigenvalue weighted by atomic mass is 16.2. The molecule has 1 aliphatic carbocycles. The lowest BCUT2D eigenvalue weighted by atomic mass is 10.1. The summed E-state index contributed by atoms with van der Waals surface area (Å²) in [5.41, 5.74) is 2.27. The van der Waals surface area contributed by atoms with Gasteiger partial charge in [0.1, 0.15) is 0 Å². The van der Waals surface area contributed by atoms with Crippen LogP contribution in [0, 0.1) is 0 Å². The number of nitrogens with zero attached hydrogens (tertiary/aromatic N) is 1. The van der Waals surface area contributed by atoms with Crippen LogP contribution in [0.4, 0.5) is 11.4 Å². The summed E-state index contributed by atoms with van der Waals surface area (Å²) in [5, 5.41) is 5.98. The van der Waals surface area contributed by atoms with E-state index in [0.29, 0.717) is 17.8 Å². The Morgan fingerprint density at radius 3 is 2.68 bits per heavy atom. The smallest absolute Gasteiger partial charge is 0.251 e. The SMILES string of the molecule is CN1CC(=O)Nc2cc(C(=O)NC3CCCCCC3)ccc21. The van der Waals surface area contributed by atoms with Crippen molar-refractivity contribution in [2.45, 2.75) is 44.6 Å². The van der Waals surface area contributed by atoms with Gasteiger partial charge in [0.25, 0.3) is 5.91 Å². The predicted molar refractivity (Wildman–Crippen MR) is 87.3 cm³/mol. The molecule has 0 saturated heterocycles. The summed E-state index contributed by atoms with van der Waals surface area (Å²) in [7, 11) is 1.88. The third-order valence-electron chi connectivity index (χ3n) is 4.52.